The van der Waals surface area contributed by atoms with Gasteiger partial charge in [-0.15, -0.1) is 6.58 Å². The standard InChI is InChI=1S/C27H20F4N4O2/c1-2-12-34-15-22(20-4-3-5-21(24(20)34)25(32)36)26(37,27(29,30)31)17-6-11-23-16(13-17)14-33-35(23)19-9-7-18(28)8-10-19/h2-11,13-15,37H,1,12H2,(H2,32,36). The Kier molecular flexibility index (Phi) is 5.64. The second kappa shape index (κ2) is 8.59. The number of alkyl halides is 3. The molecule has 0 aliphatic rings. The quantitative estimate of drug-likeness (QED) is 0.244. The number of allylic oxidation sites excluding steroid dienone is 1. The van der Waals surface area contributed by atoms with Crippen molar-refractivity contribution >= 4 is 27.7 Å². The Morgan fingerprint density at radius 3 is 2.49 bits per heavy atom. The van der Waals surface area contributed by atoms with E-state index >= 15 is 0 Å². The van der Waals surface area contributed by atoms with Gasteiger partial charge in [-0.05, 0) is 48.0 Å². The molecule has 0 aliphatic heterocycles. The van der Waals surface area contributed by atoms with Gasteiger partial charge in [-0.25, -0.2) is 9.07 Å². The highest BCUT2D eigenvalue weighted by Gasteiger charge is 2.57. The fourth-order valence-electron chi connectivity index (χ4n) is 4.65. The lowest BCUT2D eigenvalue weighted by Crippen LogP contribution is -2.43. The maximum absolute atomic E-state index is 14.7. The van der Waals surface area contributed by atoms with Gasteiger partial charge in [0.2, 0.25) is 5.60 Å². The monoisotopic (exact) mass is 508 g/mol. The zero-order valence-corrected chi connectivity index (χ0v) is 19.2. The molecule has 5 rings (SSSR count). The van der Waals surface area contributed by atoms with Gasteiger partial charge in [-0.3, -0.25) is 4.79 Å². The predicted molar refractivity (Wildman–Crippen MR) is 131 cm³/mol. The zero-order valence-electron chi connectivity index (χ0n) is 19.2. The van der Waals surface area contributed by atoms with Gasteiger partial charge in [0.25, 0.3) is 5.91 Å². The number of carbonyl (C=O) groups excluding carboxylic acids is 1. The van der Waals surface area contributed by atoms with Crippen LogP contribution in [0.4, 0.5) is 17.6 Å². The van der Waals surface area contributed by atoms with Crippen LogP contribution in [0.1, 0.15) is 21.5 Å². The normalized spacial score (nSPS) is 13.6. The first-order valence-corrected chi connectivity index (χ1v) is 11.1. The third-order valence-electron chi connectivity index (χ3n) is 6.35. The molecule has 2 aromatic heterocycles. The van der Waals surface area contributed by atoms with Gasteiger partial charge >= 0.3 is 6.18 Å². The number of fused-ring (bicyclic) bond motifs is 2. The van der Waals surface area contributed by atoms with E-state index in [1.54, 1.807) is 0 Å². The van der Waals surface area contributed by atoms with E-state index in [2.05, 4.69) is 11.7 Å². The van der Waals surface area contributed by atoms with Crippen molar-refractivity contribution in [3.8, 4) is 5.69 Å². The minimum Gasteiger partial charge on any atom is -0.372 e. The number of carbonyl (C=O) groups is 1. The molecule has 0 spiro atoms. The van der Waals surface area contributed by atoms with E-state index in [1.807, 2.05) is 0 Å². The molecule has 1 unspecified atom stereocenters. The summed E-state index contributed by atoms with van der Waals surface area (Å²) in [5.74, 6) is -1.25. The van der Waals surface area contributed by atoms with Crippen molar-refractivity contribution in [2.24, 2.45) is 5.73 Å². The van der Waals surface area contributed by atoms with Crippen LogP contribution in [0.5, 0.6) is 0 Å². The van der Waals surface area contributed by atoms with Gasteiger partial charge in [0.1, 0.15) is 5.82 Å². The molecular weight excluding hydrogens is 488 g/mol. The molecule has 0 saturated carbocycles. The third kappa shape index (κ3) is 3.77. The molecule has 188 valence electrons. The largest absolute Gasteiger partial charge is 0.425 e. The molecule has 3 N–H and O–H groups in total. The van der Waals surface area contributed by atoms with Crippen molar-refractivity contribution in [1.82, 2.24) is 14.3 Å². The van der Waals surface area contributed by atoms with Crippen LogP contribution in [0, 0.1) is 5.82 Å². The van der Waals surface area contributed by atoms with Crippen LogP contribution in [-0.2, 0) is 12.1 Å². The number of nitrogens with two attached hydrogens (primary N) is 1. The first-order valence-electron chi connectivity index (χ1n) is 11.1. The molecule has 0 fully saturated rings. The summed E-state index contributed by atoms with van der Waals surface area (Å²) in [6.45, 7) is 3.71. The first kappa shape index (κ1) is 24.3. The Hall–Kier alpha value is -4.44. The van der Waals surface area contributed by atoms with Gasteiger partial charge in [0.15, 0.2) is 0 Å². The summed E-state index contributed by atoms with van der Waals surface area (Å²) in [5.41, 5.74) is 2.33. The second-order valence-electron chi connectivity index (χ2n) is 8.56. The third-order valence-corrected chi connectivity index (χ3v) is 6.35. The molecule has 5 aromatic rings. The van der Waals surface area contributed by atoms with E-state index < -0.39 is 34.6 Å². The maximum atomic E-state index is 14.7. The second-order valence-corrected chi connectivity index (χ2v) is 8.56. The number of rotatable bonds is 6. The lowest BCUT2D eigenvalue weighted by Gasteiger charge is -2.31. The maximum Gasteiger partial charge on any atom is 0.425 e. The van der Waals surface area contributed by atoms with Crippen LogP contribution >= 0.6 is 0 Å². The van der Waals surface area contributed by atoms with Crippen LogP contribution < -0.4 is 5.73 Å². The average Bonchev–Trinajstić information content (AvgIpc) is 3.45. The van der Waals surface area contributed by atoms with Crippen LogP contribution in [-0.4, -0.2) is 31.5 Å². The number of hydrogen-bond acceptors (Lipinski definition) is 3. The number of aromatic nitrogens is 3. The molecule has 0 saturated heterocycles. The number of amides is 1. The van der Waals surface area contributed by atoms with Crippen molar-refractivity contribution in [2.75, 3.05) is 0 Å². The number of primary amides is 1. The topological polar surface area (TPSA) is 86.1 Å². The van der Waals surface area contributed by atoms with Crippen molar-refractivity contribution in [2.45, 2.75) is 18.3 Å². The Labute approximate surface area is 207 Å². The molecule has 6 nitrogen and oxygen atoms in total. The van der Waals surface area contributed by atoms with Crippen LogP contribution in [0.25, 0.3) is 27.5 Å². The lowest BCUT2D eigenvalue weighted by atomic mass is 9.84. The lowest BCUT2D eigenvalue weighted by molar-refractivity contribution is -0.247. The van der Waals surface area contributed by atoms with Crippen LogP contribution in [0.3, 0.4) is 0 Å². The van der Waals surface area contributed by atoms with E-state index in [0.717, 1.165) is 0 Å². The first-order chi connectivity index (χ1) is 17.6. The Balaban J connectivity index is 1.74. The zero-order chi connectivity index (χ0) is 26.5. The van der Waals surface area contributed by atoms with Crippen molar-refractivity contribution in [3.63, 3.8) is 0 Å². The summed E-state index contributed by atoms with van der Waals surface area (Å²) in [4.78, 5) is 12.0. The summed E-state index contributed by atoms with van der Waals surface area (Å²) >= 11 is 0. The summed E-state index contributed by atoms with van der Waals surface area (Å²) in [5, 5.41) is 16.1. The molecule has 0 aliphatic carbocycles. The highest BCUT2D eigenvalue weighted by atomic mass is 19.4. The smallest absolute Gasteiger partial charge is 0.372 e. The Morgan fingerprint density at radius 2 is 1.84 bits per heavy atom. The number of para-hydroxylation sites is 1. The Bertz CT molecular complexity index is 1670. The van der Waals surface area contributed by atoms with E-state index in [9.17, 15) is 27.5 Å². The molecule has 0 radical (unpaired) electrons. The molecule has 1 atom stereocenters. The average molecular weight is 508 g/mol. The van der Waals surface area contributed by atoms with Gasteiger partial charge in [-0.2, -0.15) is 18.3 Å². The SMILES string of the molecule is C=CCn1cc(C(O)(c2ccc3c(cnn3-c3ccc(F)cc3)c2)C(F)(F)F)c2cccc(C(N)=O)c21. The number of nitrogens with zero attached hydrogens (tertiary/aromatic N) is 3. The van der Waals surface area contributed by atoms with Crippen molar-refractivity contribution in [1.29, 1.82) is 0 Å². The molecular formula is C27H20F4N4O2. The highest BCUT2D eigenvalue weighted by molar-refractivity contribution is 6.06. The van der Waals surface area contributed by atoms with E-state index in [0.29, 0.717) is 16.6 Å². The van der Waals surface area contributed by atoms with Gasteiger partial charge in [-0.1, -0.05) is 24.3 Å². The summed E-state index contributed by atoms with van der Waals surface area (Å²) < 4.78 is 60.4. The summed E-state index contributed by atoms with van der Waals surface area (Å²) in [6, 6.07) is 13.5. The number of hydrogen-bond donors (Lipinski definition) is 2. The molecule has 0 bridgehead atoms. The van der Waals surface area contributed by atoms with Crippen molar-refractivity contribution in [3.05, 3.63) is 108 Å². The number of halogens is 4. The minimum atomic E-state index is -5.14. The summed E-state index contributed by atoms with van der Waals surface area (Å²) in [6.07, 6.45) is -1.14. The fraction of sp³-hybridized carbons (Fsp3) is 0.111. The van der Waals surface area contributed by atoms with E-state index in [4.69, 9.17) is 5.73 Å². The van der Waals surface area contributed by atoms with E-state index in [1.165, 1.54) is 88.4 Å². The van der Waals surface area contributed by atoms with E-state index in [-0.39, 0.29) is 23.0 Å². The Morgan fingerprint density at radius 1 is 1.11 bits per heavy atom. The molecule has 3 aromatic carbocycles. The van der Waals surface area contributed by atoms with Crippen molar-refractivity contribution < 1.29 is 27.5 Å². The number of aliphatic hydroxyl groups is 1. The van der Waals surface area contributed by atoms with Crippen LogP contribution in [0.2, 0.25) is 0 Å². The van der Waals surface area contributed by atoms with Gasteiger partial charge in [0, 0.05) is 29.1 Å². The number of benzene rings is 3. The molecule has 1 amide bonds. The predicted octanol–water partition coefficient (Wildman–Crippen LogP) is 5.20. The molecule has 10 heteroatoms. The summed E-state index contributed by atoms with van der Waals surface area (Å²) in [7, 11) is 0. The highest BCUT2D eigenvalue weighted by Crippen LogP contribution is 2.48. The molecule has 2 heterocycles. The van der Waals surface area contributed by atoms with Gasteiger partial charge < -0.3 is 15.4 Å². The molecule has 37 heavy (non-hydrogen) atoms. The fourth-order valence-corrected chi connectivity index (χ4v) is 4.65. The van der Waals surface area contributed by atoms with Gasteiger partial charge in [0.05, 0.1) is 28.5 Å². The minimum absolute atomic E-state index is 0.0196. The van der Waals surface area contributed by atoms with Crippen LogP contribution in [0.15, 0.2) is 85.7 Å².